The molecule has 0 fully saturated rings. The summed E-state index contributed by atoms with van der Waals surface area (Å²) in [7, 11) is 1.69. The molecule has 1 N–H and O–H groups in total. The molecule has 2 nitrogen and oxygen atoms in total. The van der Waals surface area contributed by atoms with Crippen molar-refractivity contribution in [1.29, 1.82) is 0 Å². The maximum Gasteiger partial charge on any atom is 0.0859 e. The SMILES string of the molecule is C=CNC=NC.CC.CC. The van der Waals surface area contributed by atoms with Crippen molar-refractivity contribution in [3.05, 3.63) is 12.8 Å². The van der Waals surface area contributed by atoms with E-state index in [4.69, 9.17) is 0 Å². The standard InChI is InChI=1S/C4H8N2.2C2H6/c1-3-6-4-5-2;2*1-2/h3-4H,1H2,2H3,(H,5,6);2*1-2H3. The first-order valence-corrected chi connectivity index (χ1v) is 3.69. The number of nitrogens with zero attached hydrogens (tertiary/aromatic N) is 1. The highest BCUT2D eigenvalue weighted by molar-refractivity contribution is 5.55. The van der Waals surface area contributed by atoms with Crippen LogP contribution in [0, 0.1) is 0 Å². The third-order valence-electron chi connectivity index (χ3n) is 0.321. The molecule has 0 aliphatic heterocycles. The second kappa shape index (κ2) is 41.4. The van der Waals surface area contributed by atoms with Crippen LogP contribution in [0.15, 0.2) is 17.8 Å². The molecule has 0 aliphatic rings. The minimum absolute atomic E-state index is 1.56. The molecule has 0 aromatic carbocycles. The number of hydrogen-bond acceptors (Lipinski definition) is 1. The molecule has 0 aromatic rings. The lowest BCUT2D eigenvalue weighted by Gasteiger charge is -1.78. The Kier molecular flexibility index (Phi) is 66.7. The van der Waals surface area contributed by atoms with E-state index in [1.165, 1.54) is 0 Å². The average molecular weight is 144 g/mol. The van der Waals surface area contributed by atoms with Crippen molar-refractivity contribution in [2.75, 3.05) is 7.05 Å². The normalized spacial score (nSPS) is 6.50. The van der Waals surface area contributed by atoms with Crippen molar-refractivity contribution >= 4 is 6.34 Å². The summed E-state index contributed by atoms with van der Waals surface area (Å²) in [6.07, 6.45) is 3.12. The van der Waals surface area contributed by atoms with Crippen molar-refractivity contribution in [2.24, 2.45) is 4.99 Å². The van der Waals surface area contributed by atoms with Crippen LogP contribution in [0.2, 0.25) is 0 Å². The fourth-order valence-electron chi connectivity index (χ4n) is 0.127. The summed E-state index contributed by atoms with van der Waals surface area (Å²) in [6, 6.07) is 0. The lowest BCUT2D eigenvalue weighted by atomic mass is 11.0. The summed E-state index contributed by atoms with van der Waals surface area (Å²) in [5.41, 5.74) is 0. The van der Waals surface area contributed by atoms with Crippen molar-refractivity contribution in [1.82, 2.24) is 5.32 Å². The molecule has 0 bridgehead atoms. The molecule has 10 heavy (non-hydrogen) atoms. The minimum atomic E-state index is 1.56. The van der Waals surface area contributed by atoms with Crippen LogP contribution in [0.5, 0.6) is 0 Å². The van der Waals surface area contributed by atoms with E-state index in [9.17, 15) is 0 Å². The molecular formula is C8H20N2. The quantitative estimate of drug-likeness (QED) is 0.467. The van der Waals surface area contributed by atoms with E-state index in [-0.39, 0.29) is 0 Å². The summed E-state index contributed by atoms with van der Waals surface area (Å²) >= 11 is 0. The Morgan fingerprint density at radius 2 is 1.60 bits per heavy atom. The minimum Gasteiger partial charge on any atom is -0.354 e. The van der Waals surface area contributed by atoms with E-state index < -0.39 is 0 Å². The second-order valence-corrected chi connectivity index (χ2v) is 0.758. The van der Waals surface area contributed by atoms with Gasteiger partial charge in [0.2, 0.25) is 0 Å². The lowest BCUT2D eigenvalue weighted by Crippen LogP contribution is -1.97. The van der Waals surface area contributed by atoms with Gasteiger partial charge in [0.05, 0.1) is 6.34 Å². The smallest absolute Gasteiger partial charge is 0.0859 e. The predicted molar refractivity (Wildman–Crippen MR) is 50.4 cm³/mol. The molecule has 62 valence electrons. The van der Waals surface area contributed by atoms with Gasteiger partial charge < -0.3 is 5.32 Å². The van der Waals surface area contributed by atoms with Crippen molar-refractivity contribution in [2.45, 2.75) is 27.7 Å². The van der Waals surface area contributed by atoms with Crippen molar-refractivity contribution < 1.29 is 0 Å². The van der Waals surface area contributed by atoms with Crippen molar-refractivity contribution in [3.63, 3.8) is 0 Å². The van der Waals surface area contributed by atoms with Gasteiger partial charge in [-0.15, -0.1) is 0 Å². The van der Waals surface area contributed by atoms with E-state index >= 15 is 0 Å². The Balaban J connectivity index is -0.000000105. The van der Waals surface area contributed by atoms with Crippen LogP contribution in [-0.4, -0.2) is 13.4 Å². The first kappa shape index (κ1) is 16.1. The van der Waals surface area contributed by atoms with Crippen LogP contribution >= 0.6 is 0 Å². The monoisotopic (exact) mass is 144 g/mol. The predicted octanol–water partition coefficient (Wildman–Crippen LogP) is 2.43. The van der Waals surface area contributed by atoms with Gasteiger partial charge in [-0.1, -0.05) is 34.3 Å². The van der Waals surface area contributed by atoms with E-state index in [1.54, 1.807) is 19.6 Å². The zero-order valence-electron chi connectivity index (χ0n) is 7.81. The maximum atomic E-state index is 3.62. The van der Waals surface area contributed by atoms with E-state index in [0.29, 0.717) is 0 Å². The van der Waals surface area contributed by atoms with Gasteiger partial charge in [0.15, 0.2) is 0 Å². The Bertz CT molecular complexity index is 58.3. The fraction of sp³-hybridized carbons (Fsp3) is 0.625. The van der Waals surface area contributed by atoms with Gasteiger partial charge in [-0.3, -0.25) is 4.99 Å². The molecule has 0 atom stereocenters. The van der Waals surface area contributed by atoms with Crippen LogP contribution in [0.25, 0.3) is 0 Å². The molecule has 0 saturated heterocycles. The highest BCUT2D eigenvalue weighted by Gasteiger charge is 1.51. The highest BCUT2D eigenvalue weighted by atomic mass is 14.9. The second-order valence-electron chi connectivity index (χ2n) is 0.758. The third-order valence-corrected chi connectivity index (χ3v) is 0.321. The number of hydrogen-bond donors (Lipinski definition) is 1. The van der Waals surface area contributed by atoms with Gasteiger partial charge >= 0.3 is 0 Å². The summed E-state index contributed by atoms with van der Waals surface area (Å²) in [6.45, 7) is 11.4. The van der Waals surface area contributed by atoms with Crippen LogP contribution in [0.1, 0.15) is 27.7 Å². The topological polar surface area (TPSA) is 24.4 Å². The van der Waals surface area contributed by atoms with E-state index in [0.717, 1.165) is 0 Å². The van der Waals surface area contributed by atoms with Gasteiger partial charge in [0.25, 0.3) is 0 Å². The van der Waals surface area contributed by atoms with Gasteiger partial charge in [0, 0.05) is 7.05 Å². The number of aliphatic imine (C=N–C) groups is 1. The van der Waals surface area contributed by atoms with Gasteiger partial charge in [-0.05, 0) is 6.20 Å². The fourth-order valence-corrected chi connectivity index (χ4v) is 0.127. The van der Waals surface area contributed by atoms with Crippen LogP contribution < -0.4 is 5.32 Å². The number of nitrogens with one attached hydrogen (secondary N) is 1. The zero-order chi connectivity index (χ0) is 8.83. The molecule has 0 aliphatic carbocycles. The summed E-state index contributed by atoms with van der Waals surface area (Å²) in [5.74, 6) is 0. The molecular weight excluding hydrogens is 124 g/mol. The van der Waals surface area contributed by atoms with Crippen LogP contribution in [0.4, 0.5) is 0 Å². The summed E-state index contributed by atoms with van der Waals surface area (Å²) < 4.78 is 0. The van der Waals surface area contributed by atoms with Crippen LogP contribution in [0.3, 0.4) is 0 Å². The van der Waals surface area contributed by atoms with E-state index in [2.05, 4.69) is 16.9 Å². The summed E-state index contributed by atoms with van der Waals surface area (Å²) in [5, 5.41) is 2.67. The molecule has 0 saturated carbocycles. The summed E-state index contributed by atoms with van der Waals surface area (Å²) in [4.78, 5) is 3.62. The molecule has 2 heteroatoms. The molecule has 0 heterocycles. The van der Waals surface area contributed by atoms with Gasteiger partial charge in [-0.2, -0.15) is 0 Å². The largest absolute Gasteiger partial charge is 0.354 e. The molecule has 0 amide bonds. The number of rotatable bonds is 2. The van der Waals surface area contributed by atoms with Gasteiger partial charge in [-0.25, -0.2) is 0 Å². The van der Waals surface area contributed by atoms with Crippen molar-refractivity contribution in [3.8, 4) is 0 Å². The molecule has 0 radical (unpaired) electrons. The molecule has 0 rings (SSSR count). The van der Waals surface area contributed by atoms with Crippen LogP contribution in [-0.2, 0) is 0 Å². The Labute approximate surface area is 65.1 Å². The molecule has 0 spiro atoms. The highest BCUT2D eigenvalue weighted by Crippen LogP contribution is 1.45. The average Bonchev–Trinajstić information content (AvgIpc) is 2.08. The first-order valence-electron chi connectivity index (χ1n) is 3.69. The Hall–Kier alpha value is -0.790. The molecule has 0 unspecified atom stereocenters. The maximum absolute atomic E-state index is 3.62. The van der Waals surface area contributed by atoms with Gasteiger partial charge in [0.1, 0.15) is 0 Å². The zero-order valence-corrected chi connectivity index (χ0v) is 7.81. The first-order chi connectivity index (χ1) is 4.91. The molecule has 0 aromatic heterocycles. The Morgan fingerprint density at radius 1 is 1.20 bits per heavy atom. The lowest BCUT2D eigenvalue weighted by molar-refractivity contribution is 1.29. The third kappa shape index (κ3) is 56.9. The Morgan fingerprint density at radius 3 is 1.70 bits per heavy atom. The van der Waals surface area contributed by atoms with E-state index in [1.807, 2.05) is 27.7 Å².